The van der Waals surface area contributed by atoms with E-state index < -0.39 is 96.4 Å². The summed E-state index contributed by atoms with van der Waals surface area (Å²) in [5, 5.41) is 20.6. The Kier molecular flexibility index (Phi) is 23.5. The largest absolute Gasteiger partial charge is 0.495 e. The van der Waals surface area contributed by atoms with Crippen molar-refractivity contribution >= 4 is 84.6 Å². The number of rotatable bonds is 23. The summed E-state index contributed by atoms with van der Waals surface area (Å²) in [5.74, 6) is -4.18. The number of halogens is 4. The Bertz CT molecular complexity index is 1970. The van der Waals surface area contributed by atoms with E-state index in [0.29, 0.717) is 11.3 Å². The smallest absolute Gasteiger partial charge is 0.407 e. The number of hydrogen-bond donors (Lipinski definition) is 4. The molecule has 67 heavy (non-hydrogen) atoms. The first-order valence-electron chi connectivity index (χ1n) is 22.3. The molecular formula is C48H71Cl4N3O11Si. The molecule has 7 atom stereocenters. The number of hydrogen-bond acceptors (Lipinski definition) is 11. The summed E-state index contributed by atoms with van der Waals surface area (Å²) < 4.78 is 26.5. The van der Waals surface area contributed by atoms with Gasteiger partial charge in [-0.15, -0.1) is 0 Å². The molecule has 0 spiro atoms. The van der Waals surface area contributed by atoms with Gasteiger partial charge in [0.2, 0.25) is 9.70 Å². The molecule has 0 fully saturated rings. The fraction of sp³-hybridized carbons (Fsp3) is 0.604. The molecule has 0 aliphatic carbocycles. The zero-order chi connectivity index (χ0) is 51.1. The van der Waals surface area contributed by atoms with Gasteiger partial charge in [-0.2, -0.15) is 0 Å². The van der Waals surface area contributed by atoms with Gasteiger partial charge in [-0.05, 0) is 87.0 Å². The zero-order valence-electron chi connectivity index (χ0n) is 41.0. The molecule has 14 nitrogen and oxygen atoms in total. The maximum absolute atomic E-state index is 14.3. The van der Waals surface area contributed by atoms with Gasteiger partial charge >= 0.3 is 18.0 Å². The van der Waals surface area contributed by atoms with Crippen molar-refractivity contribution < 1.29 is 52.5 Å². The van der Waals surface area contributed by atoms with Crippen molar-refractivity contribution in [2.45, 2.75) is 146 Å². The molecule has 0 unspecified atom stereocenters. The van der Waals surface area contributed by atoms with Crippen LogP contribution in [0.25, 0.3) is 0 Å². The van der Waals surface area contributed by atoms with Gasteiger partial charge in [0.05, 0.1) is 30.3 Å². The molecule has 2 aromatic carbocycles. The Morgan fingerprint density at radius 2 is 1.51 bits per heavy atom. The molecule has 0 saturated carbocycles. The first-order chi connectivity index (χ1) is 30.8. The number of benzene rings is 2. The quantitative estimate of drug-likeness (QED) is 0.0273. The van der Waals surface area contributed by atoms with E-state index in [1.165, 1.54) is 19.3 Å². The second-order valence-electron chi connectivity index (χ2n) is 19.6. The molecule has 2 aromatic rings. The fourth-order valence-corrected chi connectivity index (χ4v) is 7.96. The number of carbonyl (C=O) groups is 5. The third-order valence-electron chi connectivity index (χ3n) is 11.1. The number of aliphatic hydroxyl groups is 1. The normalized spacial score (nSPS) is 15.6. The lowest BCUT2D eigenvalue weighted by Crippen LogP contribution is -2.51. The topological polar surface area (TPSA) is 188 Å². The highest BCUT2D eigenvalue weighted by Gasteiger charge is 2.43. The highest BCUT2D eigenvalue weighted by atomic mass is 35.6. The maximum Gasteiger partial charge on any atom is 0.407 e. The Balaban J connectivity index is 2.53. The third-order valence-corrected chi connectivity index (χ3v) is 16.1. The van der Waals surface area contributed by atoms with Crippen LogP contribution in [0.5, 0.6) is 5.75 Å². The molecule has 0 heterocycles. The van der Waals surface area contributed by atoms with Crippen LogP contribution in [0, 0.1) is 17.8 Å². The number of nitrogens with one attached hydrogen (secondary N) is 3. The van der Waals surface area contributed by atoms with E-state index in [1.54, 1.807) is 52.8 Å². The van der Waals surface area contributed by atoms with Gasteiger partial charge in [0.1, 0.15) is 24.0 Å². The average Bonchev–Trinajstić information content (AvgIpc) is 3.21. The van der Waals surface area contributed by atoms with Gasteiger partial charge in [0.25, 0.3) is 5.91 Å². The molecule has 3 amide bonds. The summed E-state index contributed by atoms with van der Waals surface area (Å²) in [6.45, 7) is 22.0. The minimum absolute atomic E-state index is 0.00594. The van der Waals surface area contributed by atoms with Crippen molar-refractivity contribution in [2.75, 3.05) is 20.3 Å². The SMILES string of the molecule is COc1ccc(C[C@@H](NC(=O)/C=C/C[C@H](NC(=O)[C@H](CC(C)C)OC(=O)[C@H](C)CNC(=O)OC(C)(C)C)[C@H](C)[C@@H](O)[C@H](O[Si](C)(C)C(C)(C)C)c2ccccc2)C(=O)OCC(Cl)(Cl)Cl)cc1Cl. The lowest BCUT2D eigenvalue weighted by molar-refractivity contribution is -0.160. The van der Waals surface area contributed by atoms with Crippen LogP contribution < -0.4 is 20.7 Å². The molecule has 0 aromatic heterocycles. The molecule has 0 aliphatic heterocycles. The van der Waals surface area contributed by atoms with Gasteiger partial charge in [-0.25, -0.2) is 9.59 Å². The number of alkyl halides is 3. The lowest BCUT2D eigenvalue weighted by Gasteiger charge is -2.42. The first-order valence-corrected chi connectivity index (χ1v) is 26.7. The van der Waals surface area contributed by atoms with Crippen LogP contribution in [-0.4, -0.2) is 97.2 Å². The number of carbonyl (C=O) groups excluding carboxylic acids is 5. The molecule has 0 bridgehead atoms. The monoisotopic (exact) mass is 1030 g/mol. The molecule has 0 saturated heterocycles. The summed E-state index contributed by atoms with van der Waals surface area (Å²) in [4.78, 5) is 66.8. The van der Waals surface area contributed by atoms with Gasteiger partial charge in [-0.3, -0.25) is 14.4 Å². The molecule has 19 heteroatoms. The summed E-state index contributed by atoms with van der Waals surface area (Å²) >= 11 is 23.9. The van der Waals surface area contributed by atoms with Gasteiger partial charge in [0.15, 0.2) is 14.4 Å². The molecule has 376 valence electrons. The van der Waals surface area contributed by atoms with Crippen LogP contribution >= 0.6 is 46.4 Å². The van der Waals surface area contributed by atoms with E-state index in [0.717, 1.165) is 5.56 Å². The highest BCUT2D eigenvalue weighted by Crippen LogP contribution is 2.42. The highest BCUT2D eigenvalue weighted by molar-refractivity contribution is 6.74. The number of esters is 2. The average molecular weight is 1040 g/mol. The zero-order valence-corrected chi connectivity index (χ0v) is 45.0. The van der Waals surface area contributed by atoms with Crippen molar-refractivity contribution in [3.8, 4) is 5.75 Å². The van der Waals surface area contributed by atoms with Crippen LogP contribution in [0.15, 0.2) is 60.7 Å². The van der Waals surface area contributed by atoms with Gasteiger partial charge in [-0.1, -0.05) is 137 Å². The van der Waals surface area contributed by atoms with E-state index in [9.17, 15) is 29.1 Å². The van der Waals surface area contributed by atoms with E-state index in [2.05, 4.69) is 49.8 Å². The Morgan fingerprint density at radius 1 is 0.881 bits per heavy atom. The van der Waals surface area contributed by atoms with Crippen LogP contribution in [0.2, 0.25) is 23.2 Å². The first kappa shape index (κ1) is 59.6. The van der Waals surface area contributed by atoms with E-state index in [1.807, 2.05) is 44.2 Å². The van der Waals surface area contributed by atoms with Crippen molar-refractivity contribution in [1.29, 1.82) is 0 Å². The molecule has 0 aliphatic rings. The summed E-state index contributed by atoms with van der Waals surface area (Å²) in [7, 11) is -1.05. The second-order valence-corrected chi connectivity index (χ2v) is 27.3. The van der Waals surface area contributed by atoms with E-state index in [4.69, 9.17) is 69.8 Å². The van der Waals surface area contributed by atoms with Crippen molar-refractivity contribution in [1.82, 2.24) is 16.0 Å². The number of alkyl carbamates (subject to hydrolysis) is 1. The van der Waals surface area contributed by atoms with Crippen molar-refractivity contribution in [2.24, 2.45) is 17.8 Å². The van der Waals surface area contributed by atoms with Gasteiger partial charge in [0, 0.05) is 24.9 Å². The summed E-state index contributed by atoms with van der Waals surface area (Å²) in [6, 6.07) is 12.1. The standard InChI is InChI=1S/C48H71Cl4N3O11Si/c1-29(2)24-38(64-43(59)30(3)27-53-45(61)65-46(5,6)7)42(58)55-35(31(4)40(57)41(33-18-15-14-16-19-33)66-67(12,13)47(8,9)10)20-17-21-39(56)54-36(44(60)63-28-48(50,51)52)26-32-22-23-37(62-11)34(49)25-32/h14-19,21-23,25,29-31,35-36,38,40-41,57H,20,24,26-28H2,1-13H3,(H,53,61)(H,54,56)(H,55,58)/b21-17+/t30-,31+,35+,36-,38+,40-,41-/m1/s1. The fourth-order valence-electron chi connectivity index (χ4n) is 6.25. The molecule has 0 radical (unpaired) electrons. The Hall–Kier alpha value is -3.57. The number of methoxy groups -OCH3 is 1. The minimum atomic E-state index is -2.52. The van der Waals surface area contributed by atoms with E-state index >= 15 is 0 Å². The van der Waals surface area contributed by atoms with Crippen molar-refractivity contribution in [3.63, 3.8) is 0 Å². The van der Waals surface area contributed by atoms with Crippen LogP contribution in [-0.2, 0) is 44.2 Å². The molecule has 4 N–H and O–H groups in total. The predicted octanol–water partition coefficient (Wildman–Crippen LogP) is 9.60. The minimum Gasteiger partial charge on any atom is -0.495 e. The predicted molar refractivity (Wildman–Crippen MR) is 266 cm³/mol. The number of amides is 3. The second kappa shape index (κ2) is 26.4. The summed E-state index contributed by atoms with van der Waals surface area (Å²) in [6.07, 6.45) is -1.17. The maximum atomic E-state index is 14.3. The van der Waals surface area contributed by atoms with Gasteiger partial charge < -0.3 is 44.4 Å². The lowest BCUT2D eigenvalue weighted by atomic mass is 9.87. The van der Waals surface area contributed by atoms with Crippen LogP contribution in [0.4, 0.5) is 4.79 Å². The van der Waals surface area contributed by atoms with E-state index in [-0.39, 0.29) is 41.8 Å². The molecule has 2 rings (SSSR count). The van der Waals surface area contributed by atoms with Crippen LogP contribution in [0.3, 0.4) is 0 Å². The number of aliphatic hydroxyl groups excluding tert-OH is 1. The Morgan fingerprint density at radius 3 is 2.04 bits per heavy atom. The number of ether oxygens (including phenoxy) is 4. The summed E-state index contributed by atoms with van der Waals surface area (Å²) in [5.41, 5.74) is 0.553. The van der Waals surface area contributed by atoms with Crippen molar-refractivity contribution in [3.05, 3.63) is 76.8 Å². The molecular weight excluding hydrogens is 964 g/mol. The van der Waals surface area contributed by atoms with Crippen LogP contribution in [0.1, 0.15) is 99.3 Å². The third kappa shape index (κ3) is 21.3. The Labute approximate surface area is 417 Å².